The van der Waals surface area contributed by atoms with Gasteiger partial charge in [-0.25, -0.2) is 4.98 Å². The predicted octanol–water partition coefficient (Wildman–Crippen LogP) is 1.86. The summed E-state index contributed by atoms with van der Waals surface area (Å²) in [5.74, 6) is 0.830. The average Bonchev–Trinajstić information content (AvgIpc) is 3.29. The van der Waals surface area contributed by atoms with E-state index in [-0.39, 0.29) is 17.7 Å². The largest absolute Gasteiger partial charge is 0.369 e. The van der Waals surface area contributed by atoms with Gasteiger partial charge in [-0.15, -0.1) is 10.2 Å². The molecule has 0 aliphatic carbocycles. The number of aryl methyl sites for hydroxylation is 1. The highest BCUT2D eigenvalue weighted by Gasteiger charge is 2.24. The van der Waals surface area contributed by atoms with E-state index in [0.29, 0.717) is 37.4 Å². The van der Waals surface area contributed by atoms with Gasteiger partial charge in [0.25, 0.3) is 0 Å². The van der Waals surface area contributed by atoms with E-state index in [1.807, 2.05) is 42.5 Å². The van der Waals surface area contributed by atoms with Crippen molar-refractivity contribution in [1.29, 1.82) is 0 Å². The van der Waals surface area contributed by atoms with Crippen LogP contribution in [0.15, 0.2) is 48.7 Å². The Hall–Kier alpha value is -3.82. The quantitative estimate of drug-likeness (QED) is 0.553. The third-order valence-corrected chi connectivity index (χ3v) is 5.43. The van der Waals surface area contributed by atoms with Crippen molar-refractivity contribution in [3.05, 3.63) is 48.7 Å². The van der Waals surface area contributed by atoms with Crippen molar-refractivity contribution in [3.63, 3.8) is 0 Å². The number of hydrogen-bond acceptors (Lipinski definition) is 7. The van der Waals surface area contributed by atoms with Crippen LogP contribution in [0, 0.1) is 5.92 Å². The third kappa shape index (κ3) is 5.45. The summed E-state index contributed by atoms with van der Waals surface area (Å²) < 4.78 is 0. The molecular formula is C22H26N8O2. The zero-order valence-corrected chi connectivity index (χ0v) is 17.7. The van der Waals surface area contributed by atoms with Gasteiger partial charge in [0.05, 0.1) is 24.3 Å². The van der Waals surface area contributed by atoms with E-state index in [0.717, 1.165) is 30.8 Å². The highest BCUT2D eigenvalue weighted by atomic mass is 16.2. The number of amides is 2. The highest BCUT2D eigenvalue weighted by Crippen LogP contribution is 2.22. The van der Waals surface area contributed by atoms with Gasteiger partial charge < -0.3 is 16.0 Å². The maximum Gasteiger partial charge on any atom is 0.224 e. The molecular weight excluding hydrogens is 408 g/mol. The topological polar surface area (TPSA) is 132 Å². The predicted molar refractivity (Wildman–Crippen MR) is 119 cm³/mol. The number of aromatic nitrogens is 5. The number of primary amides is 1. The number of anilines is 2. The van der Waals surface area contributed by atoms with Crippen molar-refractivity contribution < 1.29 is 9.59 Å². The van der Waals surface area contributed by atoms with E-state index in [9.17, 15) is 9.59 Å². The van der Waals surface area contributed by atoms with Crippen LogP contribution < -0.4 is 16.0 Å². The molecule has 0 spiro atoms. The third-order valence-electron chi connectivity index (χ3n) is 5.43. The summed E-state index contributed by atoms with van der Waals surface area (Å²) in [6.07, 6.45) is 4.27. The van der Waals surface area contributed by atoms with Crippen molar-refractivity contribution in [3.8, 4) is 11.4 Å². The number of nitrogens with one attached hydrogen (secondary N) is 1. The molecule has 1 fully saturated rings. The number of carbonyl (C=O) groups excluding carboxylic acids is 2. The molecule has 10 nitrogen and oxygen atoms in total. The van der Waals surface area contributed by atoms with Gasteiger partial charge in [-0.3, -0.25) is 9.59 Å². The molecule has 2 aromatic heterocycles. The fourth-order valence-corrected chi connectivity index (χ4v) is 3.71. The lowest BCUT2D eigenvalue weighted by atomic mass is 9.97. The molecule has 0 saturated carbocycles. The van der Waals surface area contributed by atoms with Crippen LogP contribution in [0.2, 0.25) is 0 Å². The summed E-state index contributed by atoms with van der Waals surface area (Å²) in [7, 11) is 0. The van der Waals surface area contributed by atoms with Gasteiger partial charge in [0, 0.05) is 25.1 Å². The summed E-state index contributed by atoms with van der Waals surface area (Å²) >= 11 is 0. The molecule has 1 unspecified atom stereocenters. The summed E-state index contributed by atoms with van der Waals surface area (Å²) in [6.45, 7) is 1.92. The van der Waals surface area contributed by atoms with Crippen LogP contribution in [-0.4, -0.2) is 50.1 Å². The number of pyridine rings is 1. The first-order valence-corrected chi connectivity index (χ1v) is 10.7. The maximum absolute atomic E-state index is 12.3. The second-order valence-corrected chi connectivity index (χ2v) is 7.82. The Morgan fingerprint density at radius 2 is 2.00 bits per heavy atom. The number of nitrogens with two attached hydrogens (primary N) is 1. The van der Waals surface area contributed by atoms with Gasteiger partial charge >= 0.3 is 0 Å². The highest BCUT2D eigenvalue weighted by molar-refractivity contribution is 5.90. The van der Waals surface area contributed by atoms with Crippen LogP contribution in [-0.2, 0) is 16.1 Å². The van der Waals surface area contributed by atoms with E-state index >= 15 is 0 Å². The fourth-order valence-electron chi connectivity index (χ4n) is 3.71. The minimum Gasteiger partial charge on any atom is -0.369 e. The van der Waals surface area contributed by atoms with Crippen molar-refractivity contribution in [2.45, 2.75) is 32.2 Å². The van der Waals surface area contributed by atoms with E-state index < -0.39 is 0 Å². The van der Waals surface area contributed by atoms with Crippen LogP contribution in [0.3, 0.4) is 0 Å². The van der Waals surface area contributed by atoms with Gasteiger partial charge in [0.15, 0.2) is 0 Å². The molecule has 10 heteroatoms. The van der Waals surface area contributed by atoms with Crippen LogP contribution in [0.5, 0.6) is 0 Å². The van der Waals surface area contributed by atoms with Gasteiger partial charge in [-0.2, -0.15) is 4.80 Å². The second-order valence-electron chi connectivity index (χ2n) is 7.82. The molecule has 1 atom stereocenters. The summed E-state index contributed by atoms with van der Waals surface area (Å²) in [5, 5.41) is 15.3. The first kappa shape index (κ1) is 21.4. The number of nitrogens with zero attached hydrogens (tertiary/aromatic N) is 6. The monoisotopic (exact) mass is 434 g/mol. The van der Waals surface area contributed by atoms with Crippen LogP contribution in [0.1, 0.15) is 25.7 Å². The molecule has 0 bridgehead atoms. The minimum atomic E-state index is -0.268. The van der Waals surface area contributed by atoms with E-state index in [1.54, 1.807) is 6.20 Å². The Labute approximate surface area is 185 Å². The lowest BCUT2D eigenvalue weighted by Crippen LogP contribution is -2.41. The molecule has 3 N–H and O–H groups in total. The van der Waals surface area contributed by atoms with Crippen molar-refractivity contribution in [2.75, 3.05) is 23.3 Å². The molecule has 3 aromatic rings. The van der Waals surface area contributed by atoms with Crippen molar-refractivity contribution in [2.24, 2.45) is 11.7 Å². The van der Waals surface area contributed by atoms with Crippen LogP contribution in [0.25, 0.3) is 11.4 Å². The number of tetrazole rings is 1. The van der Waals surface area contributed by atoms with E-state index in [1.165, 1.54) is 4.80 Å². The molecule has 32 heavy (non-hydrogen) atoms. The molecule has 1 aliphatic heterocycles. The second kappa shape index (κ2) is 9.99. The van der Waals surface area contributed by atoms with Gasteiger partial charge in [-0.1, -0.05) is 30.3 Å². The number of hydrogen-bond donors (Lipinski definition) is 2. The standard InChI is InChI=1S/C22H26N8O2/c23-21(32)17-8-4-12-29(15-17)19-11-10-18(14-24-19)25-20(31)9-5-13-30-27-22(26-28-30)16-6-2-1-3-7-16/h1-3,6-7,10-11,14,17H,4-5,8-9,12-13,15H2,(H2,23,32)(H,25,31). The van der Waals surface area contributed by atoms with Crippen molar-refractivity contribution in [1.82, 2.24) is 25.2 Å². The fraction of sp³-hybridized carbons (Fsp3) is 0.364. The molecule has 1 saturated heterocycles. The first-order valence-electron chi connectivity index (χ1n) is 10.7. The van der Waals surface area contributed by atoms with Crippen LogP contribution >= 0.6 is 0 Å². The maximum atomic E-state index is 12.3. The average molecular weight is 435 g/mol. The van der Waals surface area contributed by atoms with E-state index in [2.05, 4.69) is 30.6 Å². The number of piperidine rings is 1. The zero-order chi connectivity index (χ0) is 22.3. The van der Waals surface area contributed by atoms with Gasteiger partial charge in [0.2, 0.25) is 17.6 Å². The lowest BCUT2D eigenvalue weighted by Gasteiger charge is -2.32. The summed E-state index contributed by atoms with van der Waals surface area (Å²) in [4.78, 5) is 31.7. The molecule has 2 amide bonds. The zero-order valence-electron chi connectivity index (χ0n) is 17.7. The SMILES string of the molecule is NC(=O)C1CCCN(c2ccc(NC(=O)CCCn3nnc(-c4ccccc4)n3)cn2)C1. The summed E-state index contributed by atoms with van der Waals surface area (Å²) in [6, 6.07) is 13.3. The lowest BCUT2D eigenvalue weighted by molar-refractivity contribution is -0.122. The normalized spacial score (nSPS) is 16.0. The smallest absolute Gasteiger partial charge is 0.224 e. The molecule has 4 rings (SSSR count). The summed E-state index contributed by atoms with van der Waals surface area (Å²) in [5.41, 5.74) is 6.98. The Kier molecular flexibility index (Phi) is 6.69. The van der Waals surface area contributed by atoms with Gasteiger partial charge in [0.1, 0.15) is 5.82 Å². The van der Waals surface area contributed by atoms with Gasteiger partial charge in [-0.05, 0) is 36.6 Å². The molecule has 1 aromatic carbocycles. The van der Waals surface area contributed by atoms with E-state index in [4.69, 9.17) is 5.73 Å². The Morgan fingerprint density at radius 3 is 2.75 bits per heavy atom. The Morgan fingerprint density at radius 1 is 1.16 bits per heavy atom. The molecule has 1 aliphatic rings. The minimum absolute atomic E-state index is 0.102. The first-order chi connectivity index (χ1) is 15.6. The number of rotatable bonds is 8. The van der Waals surface area contributed by atoms with Crippen molar-refractivity contribution >= 4 is 23.3 Å². The van der Waals surface area contributed by atoms with Crippen LogP contribution in [0.4, 0.5) is 11.5 Å². The number of carbonyl (C=O) groups is 2. The molecule has 166 valence electrons. The number of benzene rings is 1. The Bertz CT molecular complexity index is 1050. The molecule has 0 radical (unpaired) electrons. The molecule has 3 heterocycles. The Balaban J connectivity index is 1.23.